The molecule has 0 amide bonds. The molecule has 0 aliphatic carbocycles. The predicted octanol–water partition coefficient (Wildman–Crippen LogP) is 2.62. The summed E-state index contributed by atoms with van der Waals surface area (Å²) < 4.78 is 0. The molecule has 110 valence electrons. The minimum absolute atomic E-state index is 0.0742. The van der Waals surface area contributed by atoms with Crippen LogP contribution in [-0.2, 0) is 6.54 Å². The van der Waals surface area contributed by atoms with Gasteiger partial charge in [0.2, 0.25) is 0 Å². The van der Waals surface area contributed by atoms with Crippen molar-refractivity contribution in [3.8, 4) is 0 Å². The first-order valence-corrected chi connectivity index (χ1v) is 7.21. The van der Waals surface area contributed by atoms with Crippen LogP contribution in [0.4, 0.5) is 0 Å². The maximum absolute atomic E-state index is 7.87. The molecule has 4 nitrogen and oxygen atoms in total. The topological polar surface area (TPSA) is 66.0 Å². The number of nitrogens with two attached hydrogens (primary N) is 1. The van der Waals surface area contributed by atoms with Gasteiger partial charge in [-0.1, -0.05) is 43.3 Å². The van der Waals surface area contributed by atoms with E-state index in [4.69, 9.17) is 11.1 Å². The minimum Gasteiger partial charge on any atom is -0.387 e. The summed E-state index contributed by atoms with van der Waals surface area (Å²) in [4.78, 5) is 6.63. The second-order valence-corrected chi connectivity index (χ2v) is 5.07. The zero-order valence-corrected chi connectivity index (χ0v) is 12.4. The third-order valence-corrected chi connectivity index (χ3v) is 3.58. The lowest BCUT2D eigenvalue weighted by molar-refractivity contribution is 0.273. The van der Waals surface area contributed by atoms with Crippen LogP contribution < -0.4 is 5.73 Å². The molecule has 0 aliphatic rings. The molecule has 0 radical (unpaired) electrons. The molecule has 3 N–H and O–H groups in total. The van der Waals surface area contributed by atoms with E-state index in [1.165, 1.54) is 0 Å². The van der Waals surface area contributed by atoms with Crippen molar-refractivity contribution in [3.05, 3.63) is 66.0 Å². The molecule has 0 bridgehead atoms. The Morgan fingerprint density at radius 1 is 1.19 bits per heavy atom. The van der Waals surface area contributed by atoms with Crippen molar-refractivity contribution in [2.75, 3.05) is 13.1 Å². The van der Waals surface area contributed by atoms with Crippen LogP contribution in [0.3, 0.4) is 0 Å². The zero-order chi connectivity index (χ0) is 15.1. The Bertz CT molecular complexity index is 554. The number of rotatable bonds is 7. The standard InChI is InChI=1S/C17H22N4/c1-2-21(12-15-10-6-7-11-20-15)13-16(17(18)19)14-8-4-3-5-9-14/h3-11,16H,2,12-13H2,1H3,(H3,18,19). The highest BCUT2D eigenvalue weighted by molar-refractivity contribution is 5.84. The number of amidine groups is 1. The van der Waals surface area contributed by atoms with Crippen molar-refractivity contribution < 1.29 is 0 Å². The Labute approximate surface area is 126 Å². The first-order chi connectivity index (χ1) is 10.2. The van der Waals surface area contributed by atoms with Crippen molar-refractivity contribution in [1.29, 1.82) is 5.41 Å². The fraction of sp³-hybridized carbons (Fsp3) is 0.294. The largest absolute Gasteiger partial charge is 0.387 e. The van der Waals surface area contributed by atoms with Crippen LogP contribution in [0.1, 0.15) is 24.1 Å². The normalized spacial score (nSPS) is 12.3. The molecule has 0 fully saturated rings. The van der Waals surface area contributed by atoms with Gasteiger partial charge in [-0.15, -0.1) is 0 Å². The average molecular weight is 282 g/mol. The molecule has 0 spiro atoms. The summed E-state index contributed by atoms with van der Waals surface area (Å²) >= 11 is 0. The van der Waals surface area contributed by atoms with Crippen molar-refractivity contribution in [3.63, 3.8) is 0 Å². The van der Waals surface area contributed by atoms with E-state index >= 15 is 0 Å². The highest BCUT2D eigenvalue weighted by Gasteiger charge is 2.18. The van der Waals surface area contributed by atoms with Gasteiger partial charge in [-0.25, -0.2) is 0 Å². The first kappa shape index (κ1) is 15.2. The van der Waals surface area contributed by atoms with Crippen LogP contribution in [0.15, 0.2) is 54.7 Å². The minimum atomic E-state index is -0.0742. The smallest absolute Gasteiger partial charge is 0.0995 e. The Balaban J connectivity index is 2.09. The number of hydrogen-bond donors (Lipinski definition) is 2. The van der Waals surface area contributed by atoms with E-state index in [1.54, 1.807) is 0 Å². The Morgan fingerprint density at radius 3 is 2.48 bits per heavy atom. The van der Waals surface area contributed by atoms with E-state index in [0.717, 1.165) is 30.9 Å². The summed E-state index contributed by atoms with van der Waals surface area (Å²) in [7, 11) is 0. The summed E-state index contributed by atoms with van der Waals surface area (Å²) in [6.45, 7) is 4.51. The van der Waals surface area contributed by atoms with E-state index in [-0.39, 0.29) is 11.8 Å². The van der Waals surface area contributed by atoms with Crippen LogP contribution in [0.5, 0.6) is 0 Å². The van der Waals surface area contributed by atoms with Crippen LogP contribution in [0.25, 0.3) is 0 Å². The van der Waals surface area contributed by atoms with Gasteiger partial charge in [0.05, 0.1) is 17.4 Å². The van der Waals surface area contributed by atoms with Crippen LogP contribution in [0.2, 0.25) is 0 Å². The highest BCUT2D eigenvalue weighted by Crippen LogP contribution is 2.17. The fourth-order valence-corrected chi connectivity index (χ4v) is 2.35. The van der Waals surface area contributed by atoms with Gasteiger partial charge in [-0.05, 0) is 24.2 Å². The molecule has 0 aliphatic heterocycles. The van der Waals surface area contributed by atoms with E-state index < -0.39 is 0 Å². The molecule has 1 atom stereocenters. The van der Waals surface area contributed by atoms with Crippen LogP contribution in [-0.4, -0.2) is 28.8 Å². The van der Waals surface area contributed by atoms with Gasteiger partial charge >= 0.3 is 0 Å². The number of nitrogens with one attached hydrogen (secondary N) is 1. The number of aromatic nitrogens is 1. The predicted molar refractivity (Wildman–Crippen MR) is 86.3 cm³/mol. The Kier molecular flexibility index (Phi) is 5.46. The fourth-order valence-electron chi connectivity index (χ4n) is 2.35. The van der Waals surface area contributed by atoms with Gasteiger partial charge in [0.25, 0.3) is 0 Å². The van der Waals surface area contributed by atoms with E-state index in [9.17, 15) is 0 Å². The molecular formula is C17H22N4. The molecule has 2 aromatic rings. The first-order valence-electron chi connectivity index (χ1n) is 7.21. The lowest BCUT2D eigenvalue weighted by Crippen LogP contribution is -2.34. The summed E-state index contributed by atoms with van der Waals surface area (Å²) in [5, 5.41) is 7.87. The van der Waals surface area contributed by atoms with Gasteiger partial charge in [-0.3, -0.25) is 15.3 Å². The summed E-state index contributed by atoms with van der Waals surface area (Å²) in [5.74, 6) is 0.135. The summed E-state index contributed by atoms with van der Waals surface area (Å²) in [5.41, 5.74) is 7.93. The van der Waals surface area contributed by atoms with Crippen LogP contribution in [0, 0.1) is 5.41 Å². The second-order valence-electron chi connectivity index (χ2n) is 5.07. The van der Waals surface area contributed by atoms with Gasteiger partial charge in [0.1, 0.15) is 0 Å². The van der Waals surface area contributed by atoms with Crippen molar-refractivity contribution >= 4 is 5.84 Å². The molecule has 1 aromatic carbocycles. The number of hydrogen-bond acceptors (Lipinski definition) is 3. The maximum Gasteiger partial charge on any atom is 0.0995 e. The number of likely N-dealkylation sites (N-methyl/N-ethyl adjacent to an activating group) is 1. The molecule has 0 saturated carbocycles. The van der Waals surface area contributed by atoms with Gasteiger partial charge in [0.15, 0.2) is 0 Å². The summed E-state index contributed by atoms with van der Waals surface area (Å²) in [6.07, 6.45) is 1.81. The average Bonchev–Trinajstić information content (AvgIpc) is 2.52. The molecule has 1 heterocycles. The van der Waals surface area contributed by atoms with Crippen LogP contribution >= 0.6 is 0 Å². The van der Waals surface area contributed by atoms with E-state index in [1.807, 2.05) is 54.7 Å². The molecule has 1 unspecified atom stereocenters. The third-order valence-electron chi connectivity index (χ3n) is 3.58. The van der Waals surface area contributed by atoms with E-state index in [0.29, 0.717) is 0 Å². The Morgan fingerprint density at radius 2 is 1.90 bits per heavy atom. The molecule has 2 rings (SSSR count). The molecular weight excluding hydrogens is 260 g/mol. The van der Waals surface area contributed by atoms with Gasteiger partial charge < -0.3 is 5.73 Å². The monoisotopic (exact) mass is 282 g/mol. The van der Waals surface area contributed by atoms with E-state index in [2.05, 4.69) is 16.8 Å². The van der Waals surface area contributed by atoms with Crippen molar-refractivity contribution in [2.45, 2.75) is 19.4 Å². The molecule has 1 aromatic heterocycles. The highest BCUT2D eigenvalue weighted by atomic mass is 15.1. The third kappa shape index (κ3) is 4.39. The molecule has 4 heteroatoms. The van der Waals surface area contributed by atoms with Gasteiger partial charge in [-0.2, -0.15) is 0 Å². The van der Waals surface area contributed by atoms with Crippen molar-refractivity contribution in [1.82, 2.24) is 9.88 Å². The number of nitrogens with zero attached hydrogens (tertiary/aromatic N) is 2. The quantitative estimate of drug-likeness (QED) is 0.606. The second kappa shape index (κ2) is 7.55. The maximum atomic E-state index is 7.87. The number of pyridine rings is 1. The SMILES string of the molecule is CCN(Cc1ccccn1)CC(C(=N)N)c1ccccc1. The zero-order valence-electron chi connectivity index (χ0n) is 12.4. The molecule has 0 saturated heterocycles. The lowest BCUT2D eigenvalue weighted by Gasteiger charge is -2.25. The van der Waals surface area contributed by atoms with Gasteiger partial charge in [0, 0.05) is 19.3 Å². The molecule has 21 heavy (non-hydrogen) atoms. The summed E-state index contributed by atoms with van der Waals surface area (Å²) in [6, 6.07) is 15.9. The number of benzene rings is 1. The Hall–Kier alpha value is -2.20. The van der Waals surface area contributed by atoms with Crippen molar-refractivity contribution in [2.24, 2.45) is 5.73 Å². The lowest BCUT2D eigenvalue weighted by atomic mass is 9.97.